The predicted octanol–water partition coefficient (Wildman–Crippen LogP) is 2.16. The van der Waals surface area contributed by atoms with Crippen LogP contribution in [0.4, 0.5) is 0 Å². The molecule has 0 saturated carbocycles. The van der Waals surface area contributed by atoms with Crippen molar-refractivity contribution in [3.8, 4) is 0 Å². The zero-order chi connectivity index (χ0) is 17.8. The first-order chi connectivity index (χ1) is 12.0. The van der Waals surface area contributed by atoms with Crippen molar-refractivity contribution < 1.29 is 24.2 Å². The van der Waals surface area contributed by atoms with E-state index in [0.29, 0.717) is 26.3 Å². The van der Waals surface area contributed by atoms with Crippen LogP contribution in [0.1, 0.15) is 36.5 Å². The van der Waals surface area contributed by atoms with E-state index in [1.54, 1.807) is 4.90 Å². The lowest BCUT2D eigenvalue weighted by Gasteiger charge is -2.38. The largest absolute Gasteiger partial charge is 0.481 e. The van der Waals surface area contributed by atoms with Crippen molar-refractivity contribution in [1.29, 1.82) is 0 Å². The van der Waals surface area contributed by atoms with Crippen LogP contribution in [-0.2, 0) is 19.1 Å². The van der Waals surface area contributed by atoms with Gasteiger partial charge in [0.1, 0.15) is 0 Å². The fourth-order valence-corrected chi connectivity index (χ4v) is 3.59. The molecule has 1 N–H and O–H groups in total. The molecule has 0 radical (unpaired) electrons. The highest BCUT2D eigenvalue weighted by molar-refractivity contribution is 5.80. The van der Waals surface area contributed by atoms with E-state index < -0.39 is 12.1 Å². The SMILES string of the molecule is Cc1ccc([C@@H]2OCCC[C@@H]2C(=O)N2CCO[C@@H](CC(=O)O)C2)cc1. The van der Waals surface area contributed by atoms with E-state index in [9.17, 15) is 9.59 Å². The number of morpholine rings is 1. The summed E-state index contributed by atoms with van der Waals surface area (Å²) >= 11 is 0. The summed E-state index contributed by atoms with van der Waals surface area (Å²) in [5.41, 5.74) is 2.20. The van der Waals surface area contributed by atoms with Crippen LogP contribution in [0.3, 0.4) is 0 Å². The molecule has 6 nitrogen and oxygen atoms in total. The summed E-state index contributed by atoms with van der Waals surface area (Å²) in [6.45, 7) is 3.92. The van der Waals surface area contributed by atoms with Gasteiger partial charge in [0, 0.05) is 19.7 Å². The average molecular weight is 347 g/mol. The maximum absolute atomic E-state index is 13.1. The normalized spacial score (nSPS) is 27.1. The Hall–Kier alpha value is -1.92. The molecule has 3 atom stereocenters. The molecule has 0 unspecified atom stereocenters. The van der Waals surface area contributed by atoms with Crippen molar-refractivity contribution in [1.82, 2.24) is 4.90 Å². The molecule has 0 aliphatic carbocycles. The highest BCUT2D eigenvalue weighted by atomic mass is 16.5. The van der Waals surface area contributed by atoms with Gasteiger partial charge in [0.2, 0.25) is 5.91 Å². The summed E-state index contributed by atoms with van der Waals surface area (Å²) in [6, 6.07) is 8.12. The van der Waals surface area contributed by atoms with Gasteiger partial charge in [0.25, 0.3) is 0 Å². The van der Waals surface area contributed by atoms with Gasteiger partial charge < -0.3 is 19.5 Å². The number of nitrogens with zero attached hydrogens (tertiary/aromatic N) is 1. The minimum absolute atomic E-state index is 0.0453. The standard InChI is InChI=1S/C19H25NO5/c1-13-4-6-14(7-5-13)18-16(3-2-9-25-18)19(23)20-8-10-24-15(12-20)11-17(21)22/h4-7,15-16,18H,2-3,8-12H2,1H3,(H,21,22)/t15-,16-,18-/m0/s1. The average Bonchev–Trinajstić information content (AvgIpc) is 2.61. The van der Waals surface area contributed by atoms with Crippen molar-refractivity contribution in [2.24, 2.45) is 5.92 Å². The number of benzene rings is 1. The number of rotatable bonds is 4. The van der Waals surface area contributed by atoms with E-state index in [-0.39, 0.29) is 24.3 Å². The highest BCUT2D eigenvalue weighted by Crippen LogP contribution is 2.35. The maximum atomic E-state index is 13.1. The first-order valence-electron chi connectivity index (χ1n) is 8.85. The summed E-state index contributed by atoms with van der Waals surface area (Å²) in [7, 11) is 0. The molecule has 0 spiro atoms. The molecule has 25 heavy (non-hydrogen) atoms. The summed E-state index contributed by atoms with van der Waals surface area (Å²) in [6.07, 6.45) is 0.909. The molecule has 2 aliphatic heterocycles. The number of aryl methyl sites for hydroxylation is 1. The molecule has 2 heterocycles. The van der Waals surface area contributed by atoms with Crippen LogP contribution in [0.25, 0.3) is 0 Å². The summed E-state index contributed by atoms with van der Waals surface area (Å²) in [5.74, 6) is -1.08. The Morgan fingerprint density at radius 2 is 1.96 bits per heavy atom. The van der Waals surface area contributed by atoms with Gasteiger partial charge in [0.15, 0.2) is 0 Å². The van der Waals surface area contributed by atoms with Crippen molar-refractivity contribution in [2.45, 2.75) is 38.4 Å². The van der Waals surface area contributed by atoms with E-state index in [1.807, 2.05) is 31.2 Å². The summed E-state index contributed by atoms with van der Waals surface area (Å²) < 4.78 is 11.4. The van der Waals surface area contributed by atoms with Gasteiger partial charge in [-0.15, -0.1) is 0 Å². The van der Waals surface area contributed by atoms with E-state index in [4.69, 9.17) is 14.6 Å². The number of amides is 1. The molecule has 0 bridgehead atoms. The topological polar surface area (TPSA) is 76.1 Å². The second kappa shape index (κ2) is 7.97. The first kappa shape index (κ1) is 17.9. The number of carboxylic acid groups (broad SMARTS) is 1. The Labute approximate surface area is 147 Å². The van der Waals surface area contributed by atoms with Gasteiger partial charge >= 0.3 is 5.97 Å². The van der Waals surface area contributed by atoms with Crippen molar-refractivity contribution in [3.63, 3.8) is 0 Å². The summed E-state index contributed by atoms with van der Waals surface area (Å²) in [5, 5.41) is 8.95. The van der Waals surface area contributed by atoms with Crippen molar-refractivity contribution in [2.75, 3.05) is 26.3 Å². The number of carbonyl (C=O) groups excluding carboxylic acids is 1. The Morgan fingerprint density at radius 3 is 2.68 bits per heavy atom. The van der Waals surface area contributed by atoms with Crippen LogP contribution in [0, 0.1) is 12.8 Å². The van der Waals surface area contributed by atoms with Gasteiger partial charge in [-0.05, 0) is 25.3 Å². The Balaban J connectivity index is 1.72. The van der Waals surface area contributed by atoms with Crippen LogP contribution in [0.2, 0.25) is 0 Å². The predicted molar refractivity (Wildman–Crippen MR) is 91.2 cm³/mol. The van der Waals surface area contributed by atoms with E-state index in [2.05, 4.69) is 0 Å². The van der Waals surface area contributed by atoms with Crippen LogP contribution in [0.15, 0.2) is 24.3 Å². The molecule has 2 aliphatic rings. The summed E-state index contributed by atoms with van der Waals surface area (Å²) in [4.78, 5) is 25.7. The Kier molecular flexibility index (Phi) is 5.71. The van der Waals surface area contributed by atoms with E-state index in [0.717, 1.165) is 18.4 Å². The lowest BCUT2D eigenvalue weighted by atomic mass is 9.87. The third-order valence-electron chi connectivity index (χ3n) is 4.90. The highest BCUT2D eigenvalue weighted by Gasteiger charge is 2.37. The van der Waals surface area contributed by atoms with Gasteiger partial charge in [0.05, 0.1) is 31.2 Å². The zero-order valence-corrected chi connectivity index (χ0v) is 14.5. The zero-order valence-electron chi connectivity index (χ0n) is 14.5. The minimum Gasteiger partial charge on any atom is -0.481 e. The second-order valence-electron chi connectivity index (χ2n) is 6.83. The molecule has 3 rings (SSSR count). The minimum atomic E-state index is -0.905. The Bertz CT molecular complexity index is 615. The quantitative estimate of drug-likeness (QED) is 0.903. The fourth-order valence-electron chi connectivity index (χ4n) is 3.59. The smallest absolute Gasteiger partial charge is 0.306 e. The van der Waals surface area contributed by atoms with Gasteiger partial charge in [-0.25, -0.2) is 0 Å². The third kappa shape index (κ3) is 4.38. The first-order valence-corrected chi connectivity index (χ1v) is 8.85. The van der Waals surface area contributed by atoms with Crippen LogP contribution in [-0.4, -0.2) is 54.3 Å². The molecule has 2 fully saturated rings. The van der Waals surface area contributed by atoms with Crippen LogP contribution < -0.4 is 0 Å². The molecule has 1 aromatic carbocycles. The molecule has 1 amide bonds. The number of carbonyl (C=O) groups is 2. The van der Waals surface area contributed by atoms with Crippen LogP contribution >= 0.6 is 0 Å². The fraction of sp³-hybridized carbons (Fsp3) is 0.579. The molecule has 6 heteroatoms. The lowest BCUT2D eigenvalue weighted by molar-refractivity contribution is -0.156. The molecule has 2 saturated heterocycles. The molecule has 1 aromatic rings. The molecular formula is C19H25NO5. The molecule has 0 aromatic heterocycles. The van der Waals surface area contributed by atoms with Crippen LogP contribution in [0.5, 0.6) is 0 Å². The molecular weight excluding hydrogens is 322 g/mol. The number of carboxylic acids is 1. The Morgan fingerprint density at radius 1 is 1.20 bits per heavy atom. The number of hydrogen-bond acceptors (Lipinski definition) is 4. The second-order valence-corrected chi connectivity index (χ2v) is 6.83. The number of aliphatic carboxylic acids is 1. The van der Waals surface area contributed by atoms with E-state index >= 15 is 0 Å². The lowest BCUT2D eigenvalue weighted by Crippen LogP contribution is -2.49. The molecule has 136 valence electrons. The third-order valence-corrected chi connectivity index (χ3v) is 4.90. The monoisotopic (exact) mass is 347 g/mol. The van der Waals surface area contributed by atoms with Gasteiger partial charge in [-0.1, -0.05) is 29.8 Å². The maximum Gasteiger partial charge on any atom is 0.306 e. The van der Waals surface area contributed by atoms with Crippen molar-refractivity contribution >= 4 is 11.9 Å². The number of ether oxygens (including phenoxy) is 2. The number of hydrogen-bond donors (Lipinski definition) is 1. The van der Waals surface area contributed by atoms with Crippen molar-refractivity contribution in [3.05, 3.63) is 35.4 Å². The van der Waals surface area contributed by atoms with E-state index in [1.165, 1.54) is 5.56 Å². The van der Waals surface area contributed by atoms with Gasteiger partial charge in [-0.2, -0.15) is 0 Å². The van der Waals surface area contributed by atoms with Gasteiger partial charge in [-0.3, -0.25) is 9.59 Å².